The molecule has 1 aromatic rings. The maximum Gasteiger partial charge on any atom is 0.287 e. The molecule has 0 saturated heterocycles. The Bertz CT molecular complexity index is 688. The number of furan rings is 1. The van der Waals surface area contributed by atoms with Crippen molar-refractivity contribution in [3.05, 3.63) is 17.9 Å². The molecule has 2 rings (SSSR count). The molecule has 1 fully saturated rings. The first-order chi connectivity index (χ1) is 11.0. The van der Waals surface area contributed by atoms with Crippen LogP contribution < -0.4 is 10.0 Å². The van der Waals surface area contributed by atoms with Gasteiger partial charge in [0.05, 0.1) is 0 Å². The normalized spacial score (nSPS) is 25.5. The maximum atomic E-state index is 12.4. The second-order valence-electron chi connectivity index (χ2n) is 7.82. The van der Waals surface area contributed by atoms with Gasteiger partial charge in [0, 0.05) is 11.6 Å². The molecular weight excluding hydrogens is 328 g/mol. The average Bonchev–Trinajstić information content (AvgIpc) is 2.92. The topological polar surface area (TPSA) is 88.4 Å². The Kier molecular flexibility index (Phi) is 5.44. The molecule has 136 valence electrons. The predicted molar refractivity (Wildman–Crippen MR) is 92.2 cm³/mol. The van der Waals surface area contributed by atoms with Crippen LogP contribution in [0, 0.1) is 11.8 Å². The molecule has 1 amide bonds. The molecular formula is C17H28N2O4S. The van der Waals surface area contributed by atoms with Gasteiger partial charge in [-0.2, -0.15) is 0 Å². The van der Waals surface area contributed by atoms with Crippen LogP contribution in [0.1, 0.15) is 64.4 Å². The Morgan fingerprint density at radius 2 is 1.88 bits per heavy atom. The smallest absolute Gasteiger partial charge is 0.287 e. The fourth-order valence-corrected chi connectivity index (χ4v) is 4.42. The second kappa shape index (κ2) is 6.88. The first-order valence-electron chi connectivity index (χ1n) is 8.44. The van der Waals surface area contributed by atoms with E-state index in [9.17, 15) is 13.2 Å². The summed E-state index contributed by atoms with van der Waals surface area (Å²) in [4.78, 5) is 12.4. The Labute approximate surface area is 144 Å². The molecule has 24 heavy (non-hydrogen) atoms. The van der Waals surface area contributed by atoms with E-state index in [1.54, 1.807) is 20.8 Å². The molecule has 1 heterocycles. The van der Waals surface area contributed by atoms with Gasteiger partial charge in [-0.1, -0.05) is 26.7 Å². The Morgan fingerprint density at radius 3 is 2.50 bits per heavy atom. The molecule has 0 bridgehead atoms. The summed E-state index contributed by atoms with van der Waals surface area (Å²) in [7, 11) is -3.78. The van der Waals surface area contributed by atoms with Gasteiger partial charge >= 0.3 is 0 Å². The number of hydrogen-bond acceptors (Lipinski definition) is 4. The number of hydrogen-bond donors (Lipinski definition) is 2. The SMILES string of the molecule is C[C@H]1[C@H](C)CCC[C@@H]1NC(=O)c1ccc(S(=O)(=O)NC(C)(C)C)o1. The molecule has 7 heteroatoms. The number of sulfonamides is 1. The molecule has 0 spiro atoms. The summed E-state index contributed by atoms with van der Waals surface area (Å²) in [6.07, 6.45) is 3.20. The molecule has 1 aliphatic carbocycles. The van der Waals surface area contributed by atoms with Crippen LogP contribution in [-0.2, 0) is 10.0 Å². The van der Waals surface area contributed by atoms with Crippen LogP contribution in [0.25, 0.3) is 0 Å². The minimum atomic E-state index is -3.78. The average molecular weight is 356 g/mol. The Morgan fingerprint density at radius 1 is 1.21 bits per heavy atom. The van der Waals surface area contributed by atoms with Gasteiger partial charge in [0.1, 0.15) is 0 Å². The number of rotatable bonds is 4. The summed E-state index contributed by atoms with van der Waals surface area (Å²) in [6, 6.07) is 2.82. The zero-order valence-corrected chi connectivity index (χ0v) is 15.9. The molecule has 0 unspecified atom stereocenters. The summed E-state index contributed by atoms with van der Waals surface area (Å²) in [5.41, 5.74) is -0.623. The highest BCUT2D eigenvalue weighted by molar-refractivity contribution is 7.89. The quantitative estimate of drug-likeness (QED) is 0.868. The van der Waals surface area contributed by atoms with Crippen molar-refractivity contribution in [3.8, 4) is 0 Å². The molecule has 1 aliphatic rings. The molecule has 2 N–H and O–H groups in total. The summed E-state index contributed by atoms with van der Waals surface area (Å²) in [5.74, 6) is 0.615. The number of amides is 1. The van der Waals surface area contributed by atoms with Gasteiger partial charge in [0.15, 0.2) is 5.76 Å². The van der Waals surface area contributed by atoms with Gasteiger partial charge in [0.2, 0.25) is 5.09 Å². The van der Waals surface area contributed by atoms with Gasteiger partial charge < -0.3 is 9.73 Å². The largest absolute Gasteiger partial charge is 0.438 e. The molecule has 6 nitrogen and oxygen atoms in total. The molecule has 3 atom stereocenters. The summed E-state index contributed by atoms with van der Waals surface area (Å²) < 4.78 is 32.3. The van der Waals surface area contributed by atoms with Gasteiger partial charge in [-0.25, -0.2) is 13.1 Å². The highest BCUT2D eigenvalue weighted by atomic mass is 32.2. The van der Waals surface area contributed by atoms with Crippen LogP contribution in [0.15, 0.2) is 21.6 Å². The third kappa shape index (κ3) is 4.60. The van der Waals surface area contributed by atoms with Crippen LogP contribution >= 0.6 is 0 Å². The highest BCUT2D eigenvalue weighted by Gasteiger charge is 2.30. The summed E-state index contributed by atoms with van der Waals surface area (Å²) in [6.45, 7) is 9.56. The van der Waals surface area contributed by atoms with Crippen molar-refractivity contribution >= 4 is 15.9 Å². The fraction of sp³-hybridized carbons (Fsp3) is 0.706. The maximum absolute atomic E-state index is 12.4. The van der Waals surface area contributed by atoms with Crippen LogP contribution in [0.4, 0.5) is 0 Å². The van der Waals surface area contributed by atoms with E-state index in [1.165, 1.54) is 18.6 Å². The first-order valence-corrected chi connectivity index (χ1v) is 9.92. The zero-order valence-electron chi connectivity index (χ0n) is 15.0. The summed E-state index contributed by atoms with van der Waals surface area (Å²) >= 11 is 0. The van der Waals surface area contributed by atoms with E-state index in [4.69, 9.17) is 4.42 Å². The van der Waals surface area contributed by atoms with Crippen molar-refractivity contribution in [2.75, 3.05) is 0 Å². The van der Waals surface area contributed by atoms with Crippen LogP contribution in [0.3, 0.4) is 0 Å². The zero-order chi connectivity index (χ0) is 18.1. The van der Waals surface area contributed by atoms with E-state index in [1.807, 2.05) is 0 Å². The van der Waals surface area contributed by atoms with Gasteiger partial charge in [-0.15, -0.1) is 0 Å². The minimum absolute atomic E-state index is 0.0229. The predicted octanol–water partition coefficient (Wildman–Crippen LogP) is 2.91. The highest BCUT2D eigenvalue weighted by Crippen LogP contribution is 2.29. The third-order valence-corrected chi connectivity index (χ3v) is 6.16. The lowest BCUT2D eigenvalue weighted by atomic mass is 9.78. The van der Waals surface area contributed by atoms with E-state index in [0.29, 0.717) is 11.8 Å². The first kappa shape index (κ1) is 19.0. The summed E-state index contributed by atoms with van der Waals surface area (Å²) in [5, 5.41) is 2.74. The van der Waals surface area contributed by atoms with Crippen LogP contribution in [-0.4, -0.2) is 25.9 Å². The monoisotopic (exact) mass is 356 g/mol. The van der Waals surface area contributed by atoms with Gasteiger partial charge in [0.25, 0.3) is 15.9 Å². The minimum Gasteiger partial charge on any atom is -0.438 e. The fourth-order valence-electron chi connectivity index (χ4n) is 3.07. The molecule has 1 aromatic heterocycles. The number of carbonyl (C=O) groups excluding carboxylic acids is 1. The van der Waals surface area contributed by atoms with E-state index < -0.39 is 15.6 Å². The molecule has 1 saturated carbocycles. The van der Waals surface area contributed by atoms with E-state index >= 15 is 0 Å². The van der Waals surface area contributed by atoms with E-state index in [-0.39, 0.29) is 22.8 Å². The van der Waals surface area contributed by atoms with E-state index in [2.05, 4.69) is 23.9 Å². The molecule has 0 radical (unpaired) electrons. The Balaban J connectivity index is 2.08. The van der Waals surface area contributed by atoms with Crippen molar-refractivity contribution in [2.24, 2.45) is 11.8 Å². The third-order valence-electron chi connectivity index (χ3n) is 4.53. The van der Waals surface area contributed by atoms with E-state index in [0.717, 1.165) is 12.8 Å². The van der Waals surface area contributed by atoms with Gasteiger partial charge in [-0.05, 0) is 51.2 Å². The lowest BCUT2D eigenvalue weighted by Gasteiger charge is -2.34. The van der Waals surface area contributed by atoms with Crippen molar-refractivity contribution in [1.82, 2.24) is 10.0 Å². The molecule has 0 aliphatic heterocycles. The van der Waals surface area contributed by atoms with Crippen molar-refractivity contribution in [1.29, 1.82) is 0 Å². The second-order valence-corrected chi connectivity index (χ2v) is 9.43. The lowest BCUT2D eigenvalue weighted by Crippen LogP contribution is -2.43. The van der Waals surface area contributed by atoms with Crippen molar-refractivity contribution in [3.63, 3.8) is 0 Å². The number of nitrogens with one attached hydrogen (secondary N) is 2. The standard InChI is InChI=1S/C17H28N2O4S/c1-11-7-6-8-13(12(11)2)18-16(20)14-9-10-15(23-14)24(21,22)19-17(3,4)5/h9-13,19H,6-8H2,1-5H3,(H,18,20)/t11-,12+,13+/m1/s1. The van der Waals surface area contributed by atoms with Crippen LogP contribution in [0.5, 0.6) is 0 Å². The molecule has 0 aromatic carbocycles. The van der Waals surface area contributed by atoms with Crippen LogP contribution in [0.2, 0.25) is 0 Å². The van der Waals surface area contributed by atoms with Crippen molar-refractivity contribution in [2.45, 2.75) is 70.6 Å². The van der Waals surface area contributed by atoms with Gasteiger partial charge in [-0.3, -0.25) is 4.79 Å². The number of carbonyl (C=O) groups is 1. The Hall–Kier alpha value is -1.34. The van der Waals surface area contributed by atoms with Crippen molar-refractivity contribution < 1.29 is 17.6 Å². The lowest BCUT2D eigenvalue weighted by molar-refractivity contribution is 0.0857.